The number of piperidine rings is 1. The summed E-state index contributed by atoms with van der Waals surface area (Å²) in [6.07, 6.45) is 15.7. The SMILES string of the molecule is CCCN1C[C@H](CSC)CC2C3C=CC=C4NC=C(C[C@H]21)C43. The van der Waals surface area contributed by atoms with Gasteiger partial charge in [-0.05, 0) is 67.2 Å². The Labute approximate surface area is 139 Å². The smallest absolute Gasteiger partial charge is 0.0283 e. The van der Waals surface area contributed by atoms with E-state index in [0.717, 1.165) is 23.8 Å². The van der Waals surface area contributed by atoms with Gasteiger partial charge in [-0.2, -0.15) is 11.8 Å². The van der Waals surface area contributed by atoms with E-state index in [-0.39, 0.29) is 0 Å². The summed E-state index contributed by atoms with van der Waals surface area (Å²) in [5.74, 6) is 4.45. The Morgan fingerprint density at radius 3 is 3.14 bits per heavy atom. The zero-order valence-electron chi connectivity index (χ0n) is 13.8. The first-order valence-electron chi connectivity index (χ1n) is 8.88. The maximum absolute atomic E-state index is 3.55. The molecule has 3 unspecified atom stereocenters. The van der Waals surface area contributed by atoms with Crippen LogP contribution in [0.2, 0.25) is 0 Å². The molecule has 2 heterocycles. The van der Waals surface area contributed by atoms with Gasteiger partial charge in [0.2, 0.25) is 0 Å². The molecule has 2 aliphatic heterocycles. The number of likely N-dealkylation sites (tertiary alicyclic amines) is 1. The van der Waals surface area contributed by atoms with Crippen molar-refractivity contribution in [3.8, 4) is 0 Å². The molecule has 4 aliphatic rings. The van der Waals surface area contributed by atoms with E-state index in [1.54, 1.807) is 5.57 Å². The van der Waals surface area contributed by atoms with Gasteiger partial charge in [-0.15, -0.1) is 0 Å². The first-order valence-corrected chi connectivity index (χ1v) is 10.3. The van der Waals surface area contributed by atoms with Crippen molar-refractivity contribution in [2.75, 3.05) is 25.1 Å². The highest BCUT2D eigenvalue weighted by molar-refractivity contribution is 7.98. The fourth-order valence-electron chi connectivity index (χ4n) is 5.33. The van der Waals surface area contributed by atoms with E-state index in [0.29, 0.717) is 5.92 Å². The van der Waals surface area contributed by atoms with Crippen LogP contribution in [-0.2, 0) is 0 Å². The molecule has 0 aromatic rings. The molecule has 0 radical (unpaired) electrons. The molecule has 1 N–H and O–H groups in total. The van der Waals surface area contributed by atoms with Crippen molar-refractivity contribution in [1.29, 1.82) is 0 Å². The van der Waals surface area contributed by atoms with Crippen LogP contribution in [0.4, 0.5) is 0 Å². The molecule has 2 fully saturated rings. The highest BCUT2D eigenvalue weighted by atomic mass is 32.2. The maximum atomic E-state index is 3.55. The molecule has 22 heavy (non-hydrogen) atoms. The van der Waals surface area contributed by atoms with Crippen LogP contribution in [-0.4, -0.2) is 36.0 Å². The predicted molar refractivity (Wildman–Crippen MR) is 95.7 cm³/mol. The van der Waals surface area contributed by atoms with Crippen molar-refractivity contribution in [2.45, 2.75) is 32.2 Å². The normalized spacial score (nSPS) is 39.6. The number of hydrogen-bond acceptors (Lipinski definition) is 3. The van der Waals surface area contributed by atoms with Crippen LogP contribution in [0.3, 0.4) is 0 Å². The molecule has 3 heteroatoms. The third kappa shape index (κ3) is 2.37. The van der Waals surface area contributed by atoms with E-state index in [4.69, 9.17) is 0 Å². The minimum Gasteiger partial charge on any atom is -0.365 e. The first kappa shape index (κ1) is 14.9. The van der Waals surface area contributed by atoms with Crippen molar-refractivity contribution >= 4 is 11.8 Å². The molecular weight excluding hydrogens is 288 g/mol. The monoisotopic (exact) mass is 316 g/mol. The molecule has 120 valence electrons. The topological polar surface area (TPSA) is 15.3 Å². The lowest BCUT2D eigenvalue weighted by Crippen LogP contribution is -2.55. The number of allylic oxidation sites excluding steroid dienone is 4. The predicted octanol–water partition coefficient (Wildman–Crippen LogP) is 3.64. The summed E-state index contributed by atoms with van der Waals surface area (Å²) in [5.41, 5.74) is 3.11. The Morgan fingerprint density at radius 1 is 1.41 bits per heavy atom. The van der Waals surface area contributed by atoms with Crippen LogP contribution in [0.25, 0.3) is 0 Å². The van der Waals surface area contributed by atoms with Gasteiger partial charge < -0.3 is 5.32 Å². The lowest BCUT2D eigenvalue weighted by atomic mass is 9.61. The van der Waals surface area contributed by atoms with Crippen molar-refractivity contribution in [3.05, 3.63) is 35.7 Å². The Bertz CT molecular complexity index is 522. The second kappa shape index (κ2) is 6.09. The summed E-state index contributed by atoms with van der Waals surface area (Å²) < 4.78 is 0. The van der Waals surface area contributed by atoms with Crippen LogP contribution >= 0.6 is 11.8 Å². The summed E-state index contributed by atoms with van der Waals surface area (Å²) in [6.45, 7) is 4.92. The fourth-order valence-corrected chi connectivity index (χ4v) is 6.04. The van der Waals surface area contributed by atoms with Crippen molar-refractivity contribution < 1.29 is 0 Å². The van der Waals surface area contributed by atoms with Gasteiger partial charge >= 0.3 is 0 Å². The lowest BCUT2D eigenvalue weighted by Gasteiger charge is -2.52. The standard InChI is InChI=1S/C19H28N2S/c1-3-7-21-11-13(12-22-2)8-16-15-5-4-6-17-19(15)14(10-20-17)9-18(16)21/h4-6,10,13,15-16,18-20H,3,7-9,11-12H2,1-2H3/t13-,15?,16?,18-,19?/m1/s1. The molecule has 5 atom stereocenters. The van der Waals surface area contributed by atoms with Crippen LogP contribution < -0.4 is 5.32 Å². The molecule has 0 amide bonds. The molecule has 1 saturated carbocycles. The molecule has 1 saturated heterocycles. The van der Waals surface area contributed by atoms with Crippen molar-refractivity contribution in [2.24, 2.45) is 23.7 Å². The van der Waals surface area contributed by atoms with Gasteiger partial charge in [-0.3, -0.25) is 4.90 Å². The van der Waals surface area contributed by atoms with Crippen LogP contribution in [0.1, 0.15) is 26.2 Å². The van der Waals surface area contributed by atoms with Crippen LogP contribution in [0, 0.1) is 23.7 Å². The Kier molecular flexibility index (Phi) is 4.12. The van der Waals surface area contributed by atoms with E-state index in [9.17, 15) is 0 Å². The molecule has 0 spiro atoms. The van der Waals surface area contributed by atoms with E-state index in [2.05, 4.69) is 47.8 Å². The maximum Gasteiger partial charge on any atom is 0.0283 e. The minimum absolute atomic E-state index is 0.669. The highest BCUT2D eigenvalue weighted by Gasteiger charge is 2.49. The molecule has 0 aromatic heterocycles. The van der Waals surface area contributed by atoms with E-state index < -0.39 is 0 Å². The third-order valence-electron chi connectivity index (χ3n) is 6.07. The van der Waals surface area contributed by atoms with Crippen LogP contribution in [0.5, 0.6) is 0 Å². The largest absolute Gasteiger partial charge is 0.365 e. The van der Waals surface area contributed by atoms with Crippen molar-refractivity contribution in [3.63, 3.8) is 0 Å². The number of thioether (sulfide) groups is 1. The quantitative estimate of drug-likeness (QED) is 0.852. The third-order valence-corrected chi connectivity index (χ3v) is 6.87. The second-order valence-electron chi connectivity index (χ2n) is 7.41. The van der Waals surface area contributed by atoms with Gasteiger partial charge in [-0.25, -0.2) is 0 Å². The molecule has 4 rings (SSSR count). The zero-order valence-corrected chi connectivity index (χ0v) is 14.6. The summed E-state index contributed by atoms with van der Waals surface area (Å²) in [4.78, 5) is 2.83. The van der Waals surface area contributed by atoms with Gasteiger partial charge in [0.05, 0.1) is 0 Å². The van der Waals surface area contributed by atoms with E-state index >= 15 is 0 Å². The average Bonchev–Trinajstić information content (AvgIpc) is 2.94. The van der Waals surface area contributed by atoms with Gasteiger partial charge in [-0.1, -0.05) is 19.1 Å². The molecule has 2 nitrogen and oxygen atoms in total. The van der Waals surface area contributed by atoms with Crippen LogP contribution in [0.15, 0.2) is 35.7 Å². The number of nitrogens with zero attached hydrogens (tertiary/aromatic N) is 1. The van der Waals surface area contributed by atoms with E-state index in [1.165, 1.54) is 43.8 Å². The van der Waals surface area contributed by atoms with Gasteiger partial charge in [0.1, 0.15) is 0 Å². The summed E-state index contributed by atoms with van der Waals surface area (Å²) in [7, 11) is 0. The van der Waals surface area contributed by atoms with Gasteiger partial charge in [0.15, 0.2) is 0 Å². The summed E-state index contributed by atoms with van der Waals surface area (Å²) >= 11 is 2.03. The number of nitrogens with one attached hydrogen (secondary N) is 1. The fraction of sp³-hybridized carbons (Fsp3) is 0.684. The van der Waals surface area contributed by atoms with E-state index in [1.807, 2.05) is 11.8 Å². The van der Waals surface area contributed by atoms with Gasteiger partial charge in [0.25, 0.3) is 0 Å². The Balaban J connectivity index is 1.63. The molecule has 2 aliphatic carbocycles. The molecular formula is C19H28N2S. The Hall–Kier alpha value is -0.670. The zero-order chi connectivity index (χ0) is 15.1. The number of hydrogen-bond donors (Lipinski definition) is 1. The summed E-state index contributed by atoms with van der Waals surface area (Å²) in [5, 5.41) is 3.55. The van der Waals surface area contributed by atoms with Gasteiger partial charge in [0, 0.05) is 30.4 Å². The number of fused-ring (bicyclic) bond motifs is 2. The second-order valence-corrected chi connectivity index (χ2v) is 8.32. The molecule has 0 bridgehead atoms. The summed E-state index contributed by atoms with van der Waals surface area (Å²) in [6, 6.07) is 0.773. The highest BCUT2D eigenvalue weighted by Crippen LogP contribution is 2.51. The first-order chi connectivity index (χ1) is 10.8. The Morgan fingerprint density at radius 2 is 2.32 bits per heavy atom. The molecule has 0 aromatic carbocycles. The lowest BCUT2D eigenvalue weighted by molar-refractivity contribution is 0.0191. The number of rotatable bonds is 4. The minimum atomic E-state index is 0.669. The van der Waals surface area contributed by atoms with Crippen molar-refractivity contribution in [1.82, 2.24) is 10.2 Å². The average molecular weight is 317 g/mol.